The highest BCUT2D eigenvalue weighted by atomic mass is 35.5. The van der Waals surface area contributed by atoms with Crippen LogP contribution in [-0.4, -0.2) is 39.4 Å². The van der Waals surface area contributed by atoms with Crippen molar-refractivity contribution in [2.24, 2.45) is 0 Å². The summed E-state index contributed by atoms with van der Waals surface area (Å²) in [5, 5.41) is 14.1. The summed E-state index contributed by atoms with van der Waals surface area (Å²) in [5.41, 5.74) is 0.453. The maximum Gasteiger partial charge on any atom is 0.416 e. The van der Waals surface area contributed by atoms with Gasteiger partial charge in [0.2, 0.25) is 5.91 Å². The molecule has 0 aliphatic heterocycles. The number of hydrogen-bond acceptors (Lipinski definition) is 6. The van der Waals surface area contributed by atoms with Gasteiger partial charge in [-0.3, -0.25) is 9.59 Å². The maximum atomic E-state index is 13.1. The van der Waals surface area contributed by atoms with Crippen LogP contribution >= 0.6 is 23.4 Å². The van der Waals surface area contributed by atoms with E-state index in [1.54, 1.807) is 28.8 Å². The number of nitrogens with one attached hydrogen (secondary N) is 2. The van der Waals surface area contributed by atoms with Crippen LogP contribution in [0, 0.1) is 0 Å². The van der Waals surface area contributed by atoms with Crippen LogP contribution in [0.3, 0.4) is 0 Å². The molecule has 3 aromatic carbocycles. The molecule has 0 spiro atoms. The number of methoxy groups -OCH3 is 1. The molecule has 0 saturated heterocycles. The van der Waals surface area contributed by atoms with Gasteiger partial charge in [0.25, 0.3) is 5.91 Å². The fourth-order valence-electron chi connectivity index (χ4n) is 3.78. The highest BCUT2D eigenvalue weighted by Gasteiger charge is 2.31. The average molecular weight is 604 g/mol. The minimum atomic E-state index is -4.58. The van der Waals surface area contributed by atoms with Gasteiger partial charge in [-0.05, 0) is 54.4 Å². The minimum Gasteiger partial charge on any atom is -0.497 e. The van der Waals surface area contributed by atoms with Crippen LogP contribution in [0.15, 0.2) is 78.0 Å². The van der Waals surface area contributed by atoms with Gasteiger partial charge >= 0.3 is 6.18 Å². The number of carbonyl (C=O) groups is 2. The van der Waals surface area contributed by atoms with E-state index in [9.17, 15) is 22.8 Å². The van der Waals surface area contributed by atoms with Crippen LogP contribution in [0.1, 0.15) is 27.3 Å². The van der Waals surface area contributed by atoms with E-state index < -0.39 is 17.6 Å². The number of thioether (sulfide) groups is 1. The van der Waals surface area contributed by atoms with Crippen LogP contribution < -0.4 is 15.4 Å². The summed E-state index contributed by atoms with van der Waals surface area (Å²) >= 11 is 7.07. The summed E-state index contributed by atoms with van der Waals surface area (Å²) < 4.78 is 46.2. The molecule has 2 amide bonds. The van der Waals surface area contributed by atoms with Crippen molar-refractivity contribution in [1.29, 1.82) is 0 Å². The maximum absolute atomic E-state index is 13.1. The molecule has 0 unspecified atom stereocenters. The van der Waals surface area contributed by atoms with Gasteiger partial charge in [-0.15, -0.1) is 10.2 Å². The first-order chi connectivity index (χ1) is 19.6. The Hall–Kier alpha value is -4.03. The lowest BCUT2D eigenvalue weighted by Crippen LogP contribution is -2.25. The third kappa shape index (κ3) is 8.24. The van der Waals surface area contributed by atoms with Crippen molar-refractivity contribution in [2.45, 2.75) is 30.8 Å². The topological polar surface area (TPSA) is 98.1 Å². The zero-order valence-corrected chi connectivity index (χ0v) is 23.3. The van der Waals surface area contributed by atoms with Gasteiger partial charge in [-0.25, -0.2) is 0 Å². The number of alkyl halides is 3. The monoisotopic (exact) mass is 603 g/mol. The fourth-order valence-corrected chi connectivity index (χ4v) is 4.73. The number of anilines is 1. The third-order valence-electron chi connectivity index (χ3n) is 5.92. The Kier molecular flexibility index (Phi) is 9.90. The quantitative estimate of drug-likeness (QED) is 0.208. The molecule has 41 heavy (non-hydrogen) atoms. The van der Waals surface area contributed by atoms with Gasteiger partial charge in [-0.1, -0.05) is 53.7 Å². The summed E-state index contributed by atoms with van der Waals surface area (Å²) in [6, 6.07) is 19.1. The number of aromatic nitrogens is 3. The van der Waals surface area contributed by atoms with Gasteiger partial charge in [0, 0.05) is 12.1 Å². The Morgan fingerprint density at radius 2 is 1.76 bits per heavy atom. The summed E-state index contributed by atoms with van der Waals surface area (Å²) in [4.78, 5) is 25.3. The predicted molar refractivity (Wildman–Crippen MR) is 150 cm³/mol. The number of benzene rings is 3. The minimum absolute atomic E-state index is 0.0164. The second kappa shape index (κ2) is 13.6. The normalized spacial score (nSPS) is 11.2. The Morgan fingerprint density at radius 1 is 1.02 bits per heavy atom. The number of hydrogen-bond donors (Lipinski definition) is 2. The van der Waals surface area contributed by atoms with E-state index in [4.69, 9.17) is 16.3 Å². The molecule has 0 fully saturated rings. The fraction of sp³-hybridized carbons (Fsp3) is 0.214. The first-order valence-electron chi connectivity index (χ1n) is 12.3. The molecule has 214 valence electrons. The molecule has 1 heterocycles. The molecule has 1 aromatic heterocycles. The molecular weight excluding hydrogens is 579 g/mol. The molecule has 0 bridgehead atoms. The molecule has 13 heteroatoms. The number of amides is 2. The Balaban J connectivity index is 1.45. The standard InChI is InChI=1S/C28H25ClF3N5O3S/c1-40-21-10-7-19(8-11-21)26(39)33-16-24-35-36-27(37(24)14-13-18-5-3-2-4-6-18)41-17-25(38)34-23-15-20(28(30,31)32)9-12-22(23)29/h2-12,15H,13-14,16-17H2,1H3,(H,33,39)(H,34,38). The number of ether oxygens (including phenoxy) is 1. The first-order valence-corrected chi connectivity index (χ1v) is 13.7. The molecular formula is C28H25ClF3N5O3S. The molecule has 4 aromatic rings. The van der Waals surface area contributed by atoms with Gasteiger partial charge < -0.3 is 19.9 Å². The van der Waals surface area contributed by atoms with E-state index in [0.29, 0.717) is 35.3 Å². The molecule has 8 nitrogen and oxygen atoms in total. The van der Waals surface area contributed by atoms with Crippen molar-refractivity contribution in [3.05, 3.63) is 100 Å². The highest BCUT2D eigenvalue weighted by molar-refractivity contribution is 7.99. The lowest BCUT2D eigenvalue weighted by Gasteiger charge is -2.13. The van der Waals surface area contributed by atoms with E-state index in [2.05, 4.69) is 20.8 Å². The van der Waals surface area contributed by atoms with E-state index in [1.807, 2.05) is 30.3 Å². The molecule has 2 N–H and O–H groups in total. The lowest BCUT2D eigenvalue weighted by molar-refractivity contribution is -0.137. The van der Waals surface area contributed by atoms with E-state index in [0.717, 1.165) is 35.5 Å². The van der Waals surface area contributed by atoms with E-state index in [1.165, 1.54) is 7.11 Å². The number of aryl methyl sites for hydroxylation is 1. The highest BCUT2D eigenvalue weighted by Crippen LogP contribution is 2.34. The van der Waals surface area contributed by atoms with Crippen LogP contribution in [0.25, 0.3) is 0 Å². The Labute approximate surface area is 243 Å². The number of rotatable bonds is 11. The zero-order chi connectivity index (χ0) is 29.4. The number of carbonyl (C=O) groups excluding carboxylic acids is 2. The Morgan fingerprint density at radius 3 is 2.44 bits per heavy atom. The van der Waals surface area contributed by atoms with Crippen molar-refractivity contribution < 1.29 is 27.5 Å². The van der Waals surface area contributed by atoms with Gasteiger partial charge in [0.15, 0.2) is 11.0 Å². The summed E-state index contributed by atoms with van der Waals surface area (Å²) in [7, 11) is 1.54. The van der Waals surface area contributed by atoms with Crippen LogP contribution in [0.2, 0.25) is 5.02 Å². The SMILES string of the molecule is COc1ccc(C(=O)NCc2nnc(SCC(=O)Nc3cc(C(F)(F)F)ccc3Cl)n2CCc2ccccc2)cc1. The van der Waals surface area contributed by atoms with Gasteiger partial charge in [-0.2, -0.15) is 13.2 Å². The first kappa shape index (κ1) is 29.9. The van der Waals surface area contributed by atoms with Crippen molar-refractivity contribution in [2.75, 3.05) is 18.2 Å². The average Bonchev–Trinajstić information content (AvgIpc) is 3.36. The molecule has 0 aliphatic carbocycles. The summed E-state index contributed by atoms with van der Waals surface area (Å²) in [6.45, 7) is 0.549. The third-order valence-corrected chi connectivity index (χ3v) is 7.22. The van der Waals surface area contributed by atoms with E-state index in [-0.39, 0.29) is 28.9 Å². The summed E-state index contributed by atoms with van der Waals surface area (Å²) in [5.74, 6) is 0.0729. The summed E-state index contributed by atoms with van der Waals surface area (Å²) in [6.07, 6.45) is -3.94. The second-order valence-electron chi connectivity index (χ2n) is 8.73. The molecule has 0 atom stereocenters. The van der Waals surface area contributed by atoms with Crippen molar-refractivity contribution >= 4 is 40.9 Å². The van der Waals surface area contributed by atoms with Crippen LogP contribution in [0.4, 0.5) is 18.9 Å². The number of nitrogens with zero attached hydrogens (tertiary/aromatic N) is 3. The largest absolute Gasteiger partial charge is 0.497 e. The van der Waals surface area contributed by atoms with Gasteiger partial charge in [0.1, 0.15) is 5.75 Å². The Bertz CT molecular complexity index is 1500. The smallest absolute Gasteiger partial charge is 0.416 e. The zero-order valence-electron chi connectivity index (χ0n) is 21.7. The molecule has 0 saturated carbocycles. The van der Waals surface area contributed by atoms with Crippen molar-refractivity contribution in [3.63, 3.8) is 0 Å². The van der Waals surface area contributed by atoms with E-state index >= 15 is 0 Å². The molecule has 0 aliphatic rings. The number of halogens is 4. The van der Waals surface area contributed by atoms with Crippen molar-refractivity contribution in [3.8, 4) is 5.75 Å². The van der Waals surface area contributed by atoms with Crippen LogP contribution in [0.5, 0.6) is 5.75 Å². The predicted octanol–water partition coefficient (Wildman–Crippen LogP) is 5.86. The van der Waals surface area contributed by atoms with Crippen LogP contribution in [-0.2, 0) is 30.5 Å². The lowest BCUT2D eigenvalue weighted by atomic mass is 10.1. The molecule has 0 radical (unpaired) electrons. The van der Waals surface area contributed by atoms with Gasteiger partial charge in [0.05, 0.1) is 35.7 Å². The second-order valence-corrected chi connectivity index (χ2v) is 10.1. The molecule has 4 rings (SSSR count). The van der Waals surface area contributed by atoms with Crippen molar-refractivity contribution in [1.82, 2.24) is 20.1 Å².